The lowest BCUT2D eigenvalue weighted by molar-refractivity contribution is 1.17. The zero-order chi connectivity index (χ0) is 33.7. The molecule has 0 radical (unpaired) electrons. The quantitative estimate of drug-likeness (QED) is 0.174. The van der Waals surface area contributed by atoms with Gasteiger partial charge in [-0.25, -0.2) is 0 Å². The maximum absolute atomic E-state index is 2.46. The van der Waals surface area contributed by atoms with Crippen LogP contribution in [0, 0.1) is 0 Å². The molecule has 0 aliphatic rings. The lowest BCUT2D eigenvalue weighted by Crippen LogP contribution is -2.12. The second-order valence-corrected chi connectivity index (χ2v) is 13.0. The first-order valence-corrected chi connectivity index (χ1v) is 17.5. The van der Waals surface area contributed by atoms with Crippen LogP contribution in [0.2, 0.25) is 0 Å². The number of hydrogen-bond donors (Lipinski definition) is 0. The second-order valence-electron chi connectivity index (χ2n) is 13.0. The van der Waals surface area contributed by atoms with Gasteiger partial charge in [-0.1, -0.05) is 133 Å². The van der Waals surface area contributed by atoms with E-state index in [9.17, 15) is 0 Å². The molecule has 0 amide bonds. The Kier molecular flexibility index (Phi) is 6.81. The first-order chi connectivity index (χ1) is 25.3. The van der Waals surface area contributed by atoms with Crippen LogP contribution >= 0.6 is 0 Å². The Morgan fingerprint density at radius 3 is 1.55 bits per heavy atom. The number of rotatable bonds is 6. The SMILES string of the molecule is c1ccc(-c2ccccc2N(c2cccc(-n3c4ccccc4c4ccccc43)c2)c2cccc3c2c2ccccc2n3-c2ccccc2)cc1. The first kappa shape index (κ1) is 29.1. The van der Waals surface area contributed by atoms with Gasteiger partial charge in [-0.2, -0.15) is 0 Å². The molecule has 10 rings (SSSR count). The number of hydrogen-bond acceptors (Lipinski definition) is 1. The molecule has 3 nitrogen and oxygen atoms in total. The summed E-state index contributed by atoms with van der Waals surface area (Å²) in [7, 11) is 0. The van der Waals surface area contributed by atoms with Crippen LogP contribution in [-0.2, 0) is 0 Å². The minimum atomic E-state index is 1.08. The van der Waals surface area contributed by atoms with Gasteiger partial charge in [0.1, 0.15) is 0 Å². The molecule has 0 fully saturated rings. The maximum Gasteiger partial charge on any atom is 0.0562 e. The van der Waals surface area contributed by atoms with Crippen LogP contribution in [0.1, 0.15) is 0 Å². The van der Waals surface area contributed by atoms with Gasteiger partial charge in [0, 0.05) is 44.2 Å². The van der Waals surface area contributed by atoms with Gasteiger partial charge in [-0.05, 0) is 72.3 Å². The number of nitrogens with zero attached hydrogens (tertiary/aromatic N) is 3. The summed E-state index contributed by atoms with van der Waals surface area (Å²) in [6, 6.07) is 72.1. The molecule has 240 valence electrons. The van der Waals surface area contributed by atoms with Gasteiger partial charge in [0.25, 0.3) is 0 Å². The third-order valence-electron chi connectivity index (χ3n) is 10.1. The van der Waals surface area contributed by atoms with Crippen LogP contribution in [0.25, 0.3) is 66.1 Å². The molecule has 0 aliphatic carbocycles. The molecule has 51 heavy (non-hydrogen) atoms. The largest absolute Gasteiger partial charge is 0.309 e. The molecule has 2 heterocycles. The van der Waals surface area contributed by atoms with Crippen LogP contribution in [0.15, 0.2) is 200 Å². The van der Waals surface area contributed by atoms with Crippen molar-refractivity contribution in [2.75, 3.05) is 4.90 Å². The molecule has 2 aromatic heterocycles. The summed E-state index contributed by atoms with van der Waals surface area (Å²) in [5, 5.41) is 4.93. The molecule has 0 saturated carbocycles. The lowest BCUT2D eigenvalue weighted by Gasteiger charge is -2.29. The third-order valence-corrected chi connectivity index (χ3v) is 10.1. The Hall–Kier alpha value is -6.84. The van der Waals surface area contributed by atoms with E-state index in [1.165, 1.54) is 54.7 Å². The summed E-state index contributed by atoms with van der Waals surface area (Å²) in [6.07, 6.45) is 0. The highest BCUT2D eigenvalue weighted by Gasteiger charge is 2.23. The van der Waals surface area contributed by atoms with Gasteiger partial charge in [0.2, 0.25) is 0 Å². The van der Waals surface area contributed by atoms with Gasteiger partial charge in [-0.15, -0.1) is 0 Å². The predicted molar refractivity (Wildman–Crippen MR) is 215 cm³/mol. The van der Waals surface area contributed by atoms with Gasteiger partial charge in [0.05, 0.1) is 33.4 Å². The van der Waals surface area contributed by atoms with Crippen LogP contribution in [-0.4, -0.2) is 9.13 Å². The zero-order valence-corrected chi connectivity index (χ0v) is 27.9. The fraction of sp³-hybridized carbons (Fsp3) is 0. The van der Waals surface area contributed by atoms with Crippen LogP contribution < -0.4 is 4.90 Å². The molecule has 10 aromatic rings. The molecular formula is C48H33N3. The van der Waals surface area contributed by atoms with E-state index in [1.807, 2.05) is 0 Å². The number of para-hydroxylation sites is 5. The molecule has 0 spiro atoms. The monoisotopic (exact) mass is 651 g/mol. The van der Waals surface area contributed by atoms with E-state index in [0.29, 0.717) is 0 Å². The Labute approximate surface area is 296 Å². The van der Waals surface area contributed by atoms with Crippen molar-refractivity contribution in [3.8, 4) is 22.5 Å². The Morgan fingerprint density at radius 2 is 0.824 bits per heavy atom. The standard InChI is InChI=1S/C48H33N3/c1-3-17-34(18-4-1)38-23-7-11-27-42(38)51(37-22-15-21-36(33-37)50-43-28-12-8-24-39(43)40-25-9-13-29-44(40)50)47-32-16-31-46-48(47)41-26-10-14-30-45(41)49(46)35-19-5-2-6-20-35/h1-33H. The van der Waals surface area contributed by atoms with E-state index >= 15 is 0 Å². The number of anilines is 3. The molecule has 0 atom stereocenters. The molecule has 0 saturated heterocycles. The van der Waals surface area contributed by atoms with Crippen LogP contribution in [0.5, 0.6) is 0 Å². The minimum absolute atomic E-state index is 1.08. The van der Waals surface area contributed by atoms with Gasteiger partial charge in [-0.3, -0.25) is 0 Å². The van der Waals surface area contributed by atoms with Crippen molar-refractivity contribution in [2.45, 2.75) is 0 Å². The topological polar surface area (TPSA) is 13.1 Å². The highest BCUT2D eigenvalue weighted by molar-refractivity contribution is 6.17. The molecule has 3 heteroatoms. The maximum atomic E-state index is 2.46. The van der Waals surface area contributed by atoms with E-state index in [-0.39, 0.29) is 0 Å². The average Bonchev–Trinajstić information content (AvgIpc) is 3.73. The second kappa shape index (κ2) is 11.9. The third kappa shape index (κ3) is 4.67. The Balaban J connectivity index is 1.29. The molecule has 8 aromatic carbocycles. The van der Waals surface area contributed by atoms with Crippen molar-refractivity contribution in [2.24, 2.45) is 0 Å². The summed E-state index contributed by atoms with van der Waals surface area (Å²) < 4.78 is 4.79. The molecule has 0 bridgehead atoms. The van der Waals surface area contributed by atoms with E-state index < -0.39 is 0 Å². The van der Waals surface area contributed by atoms with Crippen molar-refractivity contribution in [1.29, 1.82) is 0 Å². The van der Waals surface area contributed by atoms with Crippen molar-refractivity contribution in [3.63, 3.8) is 0 Å². The highest BCUT2D eigenvalue weighted by atomic mass is 15.2. The van der Waals surface area contributed by atoms with E-state index in [2.05, 4.69) is 214 Å². The summed E-state index contributed by atoms with van der Waals surface area (Å²) in [5.41, 5.74) is 12.7. The Bertz CT molecular complexity index is 2810. The Morgan fingerprint density at radius 1 is 0.333 bits per heavy atom. The summed E-state index contributed by atoms with van der Waals surface area (Å²) in [6.45, 7) is 0. The zero-order valence-electron chi connectivity index (χ0n) is 27.9. The summed E-state index contributed by atoms with van der Waals surface area (Å²) in [4.78, 5) is 2.46. The van der Waals surface area contributed by atoms with Crippen LogP contribution in [0.3, 0.4) is 0 Å². The average molecular weight is 652 g/mol. The van der Waals surface area contributed by atoms with Crippen molar-refractivity contribution in [3.05, 3.63) is 200 Å². The fourth-order valence-corrected chi connectivity index (χ4v) is 7.95. The van der Waals surface area contributed by atoms with Crippen molar-refractivity contribution in [1.82, 2.24) is 9.13 Å². The number of fused-ring (bicyclic) bond motifs is 6. The van der Waals surface area contributed by atoms with Gasteiger partial charge in [0.15, 0.2) is 0 Å². The first-order valence-electron chi connectivity index (χ1n) is 17.5. The predicted octanol–water partition coefficient (Wildman–Crippen LogP) is 13.0. The molecule has 0 N–H and O–H groups in total. The normalized spacial score (nSPS) is 11.5. The smallest absolute Gasteiger partial charge is 0.0562 e. The van der Waals surface area contributed by atoms with Gasteiger partial charge >= 0.3 is 0 Å². The lowest BCUT2D eigenvalue weighted by atomic mass is 10.0. The van der Waals surface area contributed by atoms with E-state index in [4.69, 9.17) is 0 Å². The summed E-state index contributed by atoms with van der Waals surface area (Å²) >= 11 is 0. The van der Waals surface area contributed by atoms with E-state index in [1.54, 1.807) is 0 Å². The molecule has 0 aliphatic heterocycles. The van der Waals surface area contributed by atoms with Gasteiger partial charge < -0.3 is 14.0 Å². The number of aromatic nitrogens is 2. The van der Waals surface area contributed by atoms with E-state index in [0.717, 1.165) is 28.4 Å². The molecular weight excluding hydrogens is 619 g/mol. The van der Waals surface area contributed by atoms with Crippen LogP contribution in [0.4, 0.5) is 17.1 Å². The molecule has 0 unspecified atom stereocenters. The van der Waals surface area contributed by atoms with Crippen molar-refractivity contribution < 1.29 is 0 Å². The number of benzene rings is 8. The fourth-order valence-electron chi connectivity index (χ4n) is 7.95. The van der Waals surface area contributed by atoms with Crippen molar-refractivity contribution >= 4 is 60.7 Å². The summed E-state index contributed by atoms with van der Waals surface area (Å²) in [5.74, 6) is 0. The highest BCUT2D eigenvalue weighted by Crippen LogP contribution is 2.47. The minimum Gasteiger partial charge on any atom is -0.309 e.